The van der Waals surface area contributed by atoms with Crippen molar-refractivity contribution < 1.29 is 26.0 Å². The van der Waals surface area contributed by atoms with E-state index in [1.54, 1.807) is 24.4 Å². The van der Waals surface area contributed by atoms with Gasteiger partial charge in [0.1, 0.15) is 19.0 Å². The quantitative estimate of drug-likeness (QED) is 0.221. The Labute approximate surface area is 213 Å². The maximum Gasteiger partial charge on any atom is 0.488 e. The van der Waals surface area contributed by atoms with Crippen LogP contribution in [0.15, 0.2) is 103 Å². The highest BCUT2D eigenvalue weighted by Crippen LogP contribution is 2.32. The van der Waals surface area contributed by atoms with Crippen molar-refractivity contribution in [2.75, 3.05) is 0 Å². The maximum absolute atomic E-state index is 12.9. The molecule has 0 aliphatic heterocycles. The van der Waals surface area contributed by atoms with Crippen molar-refractivity contribution in [1.82, 2.24) is 9.97 Å². The van der Waals surface area contributed by atoms with Gasteiger partial charge in [-0.1, -0.05) is 70.6 Å². The summed E-state index contributed by atoms with van der Waals surface area (Å²) in [5.74, 6) is 0.619. The molecule has 3 aromatic carbocycles. The van der Waals surface area contributed by atoms with Crippen molar-refractivity contribution in [2.45, 2.75) is 13.2 Å². The zero-order valence-electron chi connectivity index (χ0n) is 19.5. The molecule has 37 heavy (non-hydrogen) atoms. The predicted octanol–water partition coefficient (Wildman–Crippen LogP) is 6.05. The highest BCUT2D eigenvalue weighted by atomic mass is 32.3. The summed E-state index contributed by atoms with van der Waals surface area (Å²) in [6.07, 6.45) is 1.54. The van der Waals surface area contributed by atoms with E-state index in [2.05, 4.69) is 14.2 Å². The summed E-state index contributed by atoms with van der Waals surface area (Å²) in [6, 6.07) is 29.3. The van der Waals surface area contributed by atoms with Gasteiger partial charge in [-0.05, 0) is 40.8 Å². The van der Waals surface area contributed by atoms with Crippen molar-refractivity contribution in [1.29, 1.82) is 0 Å². The van der Waals surface area contributed by atoms with Crippen molar-refractivity contribution in [2.24, 2.45) is 0 Å². The van der Waals surface area contributed by atoms with Crippen LogP contribution in [0, 0.1) is 0 Å². The van der Waals surface area contributed by atoms with E-state index in [-0.39, 0.29) is 5.75 Å². The second-order valence-electron chi connectivity index (χ2n) is 8.11. The lowest BCUT2D eigenvalue weighted by molar-refractivity contribution is 0.268. The summed E-state index contributed by atoms with van der Waals surface area (Å²) in [4.78, 5) is 9.09. The van der Waals surface area contributed by atoms with Gasteiger partial charge in [0.2, 0.25) is 11.8 Å². The molecule has 0 aliphatic carbocycles. The van der Waals surface area contributed by atoms with Gasteiger partial charge < -0.3 is 13.7 Å². The predicted molar refractivity (Wildman–Crippen MR) is 137 cm³/mol. The smallest absolute Gasteiger partial charge is 0.473 e. The number of benzene rings is 3. The second kappa shape index (κ2) is 10.6. The van der Waals surface area contributed by atoms with Crippen LogP contribution in [0.25, 0.3) is 22.0 Å². The van der Waals surface area contributed by atoms with E-state index in [4.69, 9.17) is 9.47 Å². The van der Waals surface area contributed by atoms with Crippen LogP contribution in [0.3, 0.4) is 0 Å². The van der Waals surface area contributed by atoms with Crippen LogP contribution in [0.2, 0.25) is 0 Å². The molecule has 0 N–H and O–H groups in total. The normalized spacial score (nSPS) is 11.3. The van der Waals surface area contributed by atoms with Gasteiger partial charge in [-0.15, -0.1) is 0 Å². The van der Waals surface area contributed by atoms with Crippen LogP contribution in [-0.4, -0.2) is 18.4 Å². The molecule has 0 saturated carbocycles. The average molecular weight is 517 g/mol. The average Bonchev–Trinajstić information content (AvgIpc) is 2.91. The number of rotatable bonds is 9. The van der Waals surface area contributed by atoms with Crippen molar-refractivity contribution in [3.05, 3.63) is 114 Å². The molecule has 0 fully saturated rings. The first-order chi connectivity index (χ1) is 17.9. The van der Waals surface area contributed by atoms with Gasteiger partial charge in [0.05, 0.1) is 11.3 Å². The van der Waals surface area contributed by atoms with Gasteiger partial charge in [0.15, 0.2) is 0 Å². The summed E-state index contributed by atoms with van der Waals surface area (Å²) in [5.41, 5.74) is 3.23. The number of halogens is 1. The van der Waals surface area contributed by atoms with Gasteiger partial charge in [0, 0.05) is 17.6 Å². The molecular formula is C28H21FN2O5S. The van der Waals surface area contributed by atoms with Crippen molar-refractivity contribution >= 4 is 21.3 Å². The third-order valence-electron chi connectivity index (χ3n) is 5.45. The van der Waals surface area contributed by atoms with Crippen LogP contribution in [0.4, 0.5) is 3.89 Å². The maximum atomic E-state index is 12.9. The van der Waals surface area contributed by atoms with Crippen molar-refractivity contribution in [3.8, 4) is 28.8 Å². The zero-order valence-corrected chi connectivity index (χ0v) is 20.3. The van der Waals surface area contributed by atoms with E-state index in [9.17, 15) is 12.3 Å². The van der Waals surface area contributed by atoms with Crippen molar-refractivity contribution in [3.63, 3.8) is 0 Å². The van der Waals surface area contributed by atoms with Gasteiger partial charge >= 0.3 is 10.5 Å². The molecule has 0 aliphatic rings. The monoisotopic (exact) mass is 516 g/mol. The molecule has 2 aromatic heterocycles. The molecule has 0 unspecified atom stereocenters. The molecule has 2 heterocycles. The lowest BCUT2D eigenvalue weighted by Gasteiger charge is -2.13. The molecule has 0 radical (unpaired) electrons. The Morgan fingerprint density at radius 3 is 2.08 bits per heavy atom. The molecule has 5 rings (SSSR count). The van der Waals surface area contributed by atoms with E-state index < -0.39 is 10.5 Å². The zero-order chi connectivity index (χ0) is 25.7. The Hall–Kier alpha value is -4.50. The first-order valence-corrected chi connectivity index (χ1v) is 12.6. The second-order valence-corrected chi connectivity index (χ2v) is 9.06. The fourth-order valence-electron chi connectivity index (χ4n) is 3.70. The van der Waals surface area contributed by atoms with Crippen LogP contribution in [0.1, 0.15) is 11.1 Å². The SMILES string of the molecule is O=S(=O)(F)Oc1ccc2cc(-c3ccc(OCc4ccccc4)nc3OCc3ccccc3)ncc2c1. The largest absolute Gasteiger partial charge is 0.488 e. The van der Waals surface area contributed by atoms with E-state index in [0.717, 1.165) is 16.5 Å². The number of nitrogens with zero attached hydrogens (tertiary/aromatic N) is 2. The molecule has 5 aromatic rings. The standard InChI is InChI=1S/C28H21FN2O5S/c29-37(32,33)36-24-12-11-22-16-26(30-17-23(22)15-24)25-13-14-27(34-18-20-7-3-1-4-8-20)31-28(25)35-19-21-9-5-2-6-10-21/h1-17H,18-19H2. The minimum atomic E-state index is -5.12. The molecule has 7 nitrogen and oxygen atoms in total. The molecule has 0 saturated heterocycles. The lowest BCUT2D eigenvalue weighted by atomic mass is 10.1. The third-order valence-corrected chi connectivity index (χ3v) is 5.84. The summed E-state index contributed by atoms with van der Waals surface area (Å²) >= 11 is 0. The molecule has 0 amide bonds. The first-order valence-electron chi connectivity index (χ1n) is 11.3. The Morgan fingerprint density at radius 1 is 0.730 bits per heavy atom. The summed E-state index contributed by atoms with van der Waals surface area (Å²) in [6.45, 7) is 0.660. The lowest BCUT2D eigenvalue weighted by Crippen LogP contribution is -2.03. The molecule has 9 heteroatoms. The van der Waals surface area contributed by atoms with E-state index in [0.29, 0.717) is 41.6 Å². The highest BCUT2D eigenvalue weighted by Gasteiger charge is 2.15. The number of fused-ring (bicyclic) bond motifs is 1. The fourth-order valence-corrected chi connectivity index (χ4v) is 4.03. The Morgan fingerprint density at radius 2 is 1.41 bits per heavy atom. The Balaban J connectivity index is 1.45. The third kappa shape index (κ3) is 6.39. The summed E-state index contributed by atoms with van der Waals surface area (Å²) in [7, 11) is -5.12. The van der Waals surface area contributed by atoms with E-state index >= 15 is 0 Å². The molecule has 0 bridgehead atoms. The van der Waals surface area contributed by atoms with Gasteiger partial charge in [-0.25, -0.2) is 0 Å². The number of pyridine rings is 2. The summed E-state index contributed by atoms with van der Waals surface area (Å²) < 4.78 is 50.8. The summed E-state index contributed by atoms with van der Waals surface area (Å²) in [5, 5.41) is 1.32. The number of hydrogen-bond acceptors (Lipinski definition) is 7. The van der Waals surface area contributed by atoms with E-state index in [1.807, 2.05) is 66.7 Å². The first kappa shape index (κ1) is 24.2. The topological polar surface area (TPSA) is 87.6 Å². The molecule has 186 valence electrons. The van der Waals surface area contributed by atoms with Gasteiger partial charge in [0.25, 0.3) is 0 Å². The fraction of sp³-hybridized carbons (Fsp3) is 0.0714. The number of ether oxygens (including phenoxy) is 2. The van der Waals surface area contributed by atoms with Gasteiger partial charge in [-0.3, -0.25) is 4.98 Å². The minimum absolute atomic E-state index is 0.141. The molecular weight excluding hydrogens is 495 g/mol. The van der Waals surface area contributed by atoms with Crippen LogP contribution in [0.5, 0.6) is 17.5 Å². The van der Waals surface area contributed by atoms with Gasteiger partial charge in [-0.2, -0.15) is 13.4 Å². The van der Waals surface area contributed by atoms with Crippen LogP contribution < -0.4 is 13.7 Å². The Bertz CT molecular complexity index is 1630. The minimum Gasteiger partial charge on any atom is -0.473 e. The highest BCUT2D eigenvalue weighted by molar-refractivity contribution is 7.81. The molecule has 0 spiro atoms. The van der Waals surface area contributed by atoms with Crippen LogP contribution >= 0.6 is 0 Å². The number of hydrogen-bond donors (Lipinski definition) is 0. The molecule has 0 atom stereocenters. The van der Waals surface area contributed by atoms with E-state index in [1.165, 1.54) is 12.1 Å². The number of aromatic nitrogens is 2. The van der Waals surface area contributed by atoms with Crippen LogP contribution in [-0.2, 0) is 23.7 Å². The Kier molecular flexibility index (Phi) is 6.96.